The van der Waals surface area contributed by atoms with Crippen molar-refractivity contribution in [2.24, 2.45) is 5.73 Å². The van der Waals surface area contributed by atoms with Gasteiger partial charge in [-0.2, -0.15) is 0 Å². The van der Waals surface area contributed by atoms with Crippen LogP contribution >= 0.6 is 0 Å². The number of nitrogens with two attached hydrogens (primary N) is 2. The topological polar surface area (TPSA) is 101 Å². The minimum Gasteiger partial charge on any atom is -0.397 e. The highest BCUT2D eigenvalue weighted by atomic mass is 16.2. The van der Waals surface area contributed by atoms with E-state index in [-0.39, 0.29) is 11.8 Å². The molecule has 0 unspecified atom stereocenters. The number of benzene rings is 1. The maximum atomic E-state index is 11.9. The van der Waals surface area contributed by atoms with Crippen LogP contribution in [0.15, 0.2) is 18.2 Å². The van der Waals surface area contributed by atoms with Crippen molar-refractivity contribution in [1.82, 2.24) is 5.32 Å². The van der Waals surface area contributed by atoms with Crippen LogP contribution in [0.5, 0.6) is 0 Å². The van der Waals surface area contributed by atoms with E-state index in [0.717, 1.165) is 12.1 Å². The van der Waals surface area contributed by atoms with Gasteiger partial charge in [-0.25, -0.2) is 0 Å². The number of anilines is 2. The molecule has 0 spiro atoms. The smallest absolute Gasteiger partial charge is 0.251 e. The van der Waals surface area contributed by atoms with E-state index in [1.807, 2.05) is 25.1 Å². The van der Waals surface area contributed by atoms with Gasteiger partial charge in [0.1, 0.15) is 0 Å². The van der Waals surface area contributed by atoms with Gasteiger partial charge in [0.2, 0.25) is 5.91 Å². The molecular formula is C14H22N4O2. The number of carbonyl (C=O) groups excluding carboxylic acids is 2. The third kappa shape index (κ3) is 4.79. The molecule has 20 heavy (non-hydrogen) atoms. The Balaban J connectivity index is 2.48. The quantitative estimate of drug-likeness (QED) is 0.505. The largest absolute Gasteiger partial charge is 0.397 e. The molecule has 0 bridgehead atoms. The Morgan fingerprint density at radius 2 is 1.95 bits per heavy atom. The van der Waals surface area contributed by atoms with E-state index < -0.39 is 0 Å². The predicted octanol–water partition coefficient (Wildman–Crippen LogP) is 0.720. The molecule has 0 saturated heterocycles. The van der Waals surface area contributed by atoms with E-state index in [0.29, 0.717) is 30.6 Å². The number of nitrogens with one attached hydrogen (secondary N) is 1. The molecule has 1 aromatic carbocycles. The molecule has 1 aromatic rings. The van der Waals surface area contributed by atoms with Gasteiger partial charge in [0, 0.05) is 32.6 Å². The number of nitrogen functional groups attached to an aromatic ring is 1. The Bertz CT molecular complexity index is 486. The minimum atomic E-state index is -0.316. The van der Waals surface area contributed by atoms with Gasteiger partial charge >= 0.3 is 0 Å². The van der Waals surface area contributed by atoms with Crippen LogP contribution in [-0.4, -0.2) is 32.5 Å². The van der Waals surface area contributed by atoms with Gasteiger partial charge in [-0.05, 0) is 31.0 Å². The average molecular weight is 278 g/mol. The number of hydrogen-bond acceptors (Lipinski definition) is 4. The number of carbonyl (C=O) groups is 2. The van der Waals surface area contributed by atoms with Gasteiger partial charge in [0.25, 0.3) is 5.91 Å². The van der Waals surface area contributed by atoms with Crippen molar-refractivity contribution in [2.75, 3.05) is 31.3 Å². The van der Waals surface area contributed by atoms with E-state index in [9.17, 15) is 9.59 Å². The second-order valence-electron chi connectivity index (χ2n) is 4.85. The molecule has 0 aliphatic rings. The zero-order chi connectivity index (χ0) is 15.1. The summed E-state index contributed by atoms with van der Waals surface area (Å²) in [5.41, 5.74) is 12.9. The van der Waals surface area contributed by atoms with E-state index in [1.165, 1.54) is 0 Å². The van der Waals surface area contributed by atoms with Crippen LogP contribution in [0.4, 0.5) is 11.4 Å². The molecule has 0 aromatic heterocycles. The van der Waals surface area contributed by atoms with Crippen LogP contribution in [0.25, 0.3) is 0 Å². The van der Waals surface area contributed by atoms with Crippen molar-refractivity contribution in [3.05, 3.63) is 23.8 Å². The Labute approximate surface area is 119 Å². The van der Waals surface area contributed by atoms with Crippen molar-refractivity contribution in [3.63, 3.8) is 0 Å². The molecule has 0 saturated carbocycles. The summed E-state index contributed by atoms with van der Waals surface area (Å²) in [6.07, 6.45) is 1.75. The molecule has 110 valence electrons. The van der Waals surface area contributed by atoms with Crippen LogP contribution < -0.4 is 21.7 Å². The summed E-state index contributed by atoms with van der Waals surface area (Å²) >= 11 is 0. The van der Waals surface area contributed by atoms with Gasteiger partial charge in [-0.15, -0.1) is 0 Å². The summed E-state index contributed by atoms with van der Waals surface area (Å²) < 4.78 is 0. The zero-order valence-corrected chi connectivity index (χ0v) is 12.0. The van der Waals surface area contributed by atoms with Crippen LogP contribution in [0.1, 0.15) is 29.6 Å². The highest BCUT2D eigenvalue weighted by Crippen LogP contribution is 2.22. The molecule has 6 nitrogen and oxygen atoms in total. The summed E-state index contributed by atoms with van der Waals surface area (Å²) in [7, 11) is 3.79. The van der Waals surface area contributed by atoms with Crippen LogP contribution in [-0.2, 0) is 4.79 Å². The molecule has 0 heterocycles. The fraction of sp³-hybridized carbons (Fsp3) is 0.429. The van der Waals surface area contributed by atoms with Gasteiger partial charge < -0.3 is 21.7 Å². The lowest BCUT2D eigenvalue weighted by molar-refractivity contribution is -0.118. The Kier molecular flexibility index (Phi) is 5.83. The van der Waals surface area contributed by atoms with Crippen molar-refractivity contribution in [2.45, 2.75) is 19.3 Å². The summed E-state index contributed by atoms with van der Waals surface area (Å²) in [6.45, 7) is 0.515. The van der Waals surface area contributed by atoms with E-state index >= 15 is 0 Å². The predicted molar refractivity (Wildman–Crippen MR) is 80.6 cm³/mol. The number of amides is 2. The Hall–Kier alpha value is -2.24. The summed E-state index contributed by atoms with van der Waals surface area (Å²) in [4.78, 5) is 24.4. The van der Waals surface area contributed by atoms with Crippen molar-refractivity contribution >= 4 is 23.2 Å². The third-order valence-electron chi connectivity index (χ3n) is 2.91. The number of nitrogens with zero attached hydrogens (tertiary/aromatic N) is 1. The lowest BCUT2D eigenvalue weighted by atomic mass is 10.1. The first-order valence-corrected chi connectivity index (χ1v) is 6.55. The average Bonchev–Trinajstić information content (AvgIpc) is 2.37. The molecule has 1 rings (SSSR count). The summed E-state index contributed by atoms with van der Waals surface area (Å²) in [5.74, 6) is -0.482. The van der Waals surface area contributed by atoms with Crippen molar-refractivity contribution < 1.29 is 9.59 Å². The number of primary amides is 1. The molecule has 0 aliphatic heterocycles. The van der Waals surface area contributed by atoms with Gasteiger partial charge in [0.05, 0.1) is 11.4 Å². The van der Waals surface area contributed by atoms with Gasteiger partial charge in [-0.3, -0.25) is 9.59 Å². The summed E-state index contributed by atoms with van der Waals surface area (Å²) in [6, 6.07) is 5.22. The van der Waals surface area contributed by atoms with Crippen LogP contribution in [0.3, 0.4) is 0 Å². The molecule has 0 fully saturated rings. The first-order valence-electron chi connectivity index (χ1n) is 6.55. The SMILES string of the molecule is CN(C)c1ccc(C(=O)NCCCCC(N)=O)cc1N. The van der Waals surface area contributed by atoms with Crippen molar-refractivity contribution in [1.29, 1.82) is 0 Å². The lowest BCUT2D eigenvalue weighted by Gasteiger charge is -2.15. The molecular weight excluding hydrogens is 256 g/mol. The second-order valence-corrected chi connectivity index (χ2v) is 4.85. The fourth-order valence-electron chi connectivity index (χ4n) is 1.83. The monoisotopic (exact) mass is 278 g/mol. The summed E-state index contributed by atoms with van der Waals surface area (Å²) in [5, 5.41) is 2.79. The molecule has 0 atom stereocenters. The number of rotatable bonds is 7. The van der Waals surface area contributed by atoms with Gasteiger partial charge in [0.15, 0.2) is 0 Å². The lowest BCUT2D eigenvalue weighted by Crippen LogP contribution is -2.25. The van der Waals surface area contributed by atoms with E-state index in [1.54, 1.807) is 12.1 Å². The van der Waals surface area contributed by atoms with Crippen LogP contribution in [0.2, 0.25) is 0 Å². The second kappa shape index (κ2) is 7.37. The maximum Gasteiger partial charge on any atom is 0.251 e. The highest BCUT2D eigenvalue weighted by Gasteiger charge is 2.08. The van der Waals surface area contributed by atoms with Crippen LogP contribution in [0, 0.1) is 0 Å². The number of hydrogen-bond donors (Lipinski definition) is 3. The normalized spacial score (nSPS) is 10.1. The maximum absolute atomic E-state index is 11.9. The molecule has 0 radical (unpaired) electrons. The standard InChI is InChI=1S/C14H22N4O2/c1-18(2)12-7-6-10(9-11(12)15)14(20)17-8-4-3-5-13(16)19/h6-7,9H,3-5,8,15H2,1-2H3,(H2,16,19)(H,17,20). The first-order chi connectivity index (χ1) is 9.41. The molecule has 5 N–H and O–H groups in total. The Morgan fingerprint density at radius 3 is 2.50 bits per heavy atom. The molecule has 0 aliphatic carbocycles. The minimum absolute atomic E-state index is 0.166. The Morgan fingerprint density at radius 1 is 1.25 bits per heavy atom. The number of unbranched alkanes of at least 4 members (excludes halogenated alkanes) is 1. The third-order valence-corrected chi connectivity index (χ3v) is 2.91. The molecule has 2 amide bonds. The highest BCUT2D eigenvalue weighted by molar-refractivity contribution is 5.96. The van der Waals surface area contributed by atoms with Gasteiger partial charge in [-0.1, -0.05) is 0 Å². The zero-order valence-electron chi connectivity index (χ0n) is 12.0. The fourth-order valence-corrected chi connectivity index (χ4v) is 1.83. The van der Waals surface area contributed by atoms with Crippen molar-refractivity contribution in [3.8, 4) is 0 Å². The first kappa shape index (κ1) is 15.8. The molecule has 6 heteroatoms. The van der Waals surface area contributed by atoms with E-state index in [4.69, 9.17) is 11.5 Å². The van der Waals surface area contributed by atoms with E-state index in [2.05, 4.69) is 5.32 Å².